The zero-order valence-electron chi connectivity index (χ0n) is 18.2. The van der Waals surface area contributed by atoms with Crippen molar-refractivity contribution in [3.05, 3.63) is 106 Å². The van der Waals surface area contributed by atoms with Gasteiger partial charge in [0.25, 0.3) is 5.91 Å². The fourth-order valence-electron chi connectivity index (χ4n) is 3.37. The normalized spacial score (nSPS) is 12.4. The number of hydrogen-bond acceptors (Lipinski definition) is 4. The fourth-order valence-corrected chi connectivity index (χ4v) is 3.61. The number of hydrogen-bond donors (Lipinski definition) is 1. The Hall–Kier alpha value is -3.44. The molecule has 32 heavy (non-hydrogen) atoms. The van der Waals surface area contributed by atoms with Crippen LogP contribution in [0.15, 0.2) is 83.3 Å². The van der Waals surface area contributed by atoms with Gasteiger partial charge in [0, 0.05) is 21.7 Å². The molecule has 162 valence electrons. The summed E-state index contributed by atoms with van der Waals surface area (Å²) in [6.45, 7) is 6.40. The monoisotopic (exact) mass is 445 g/mol. The first kappa shape index (κ1) is 21.8. The van der Waals surface area contributed by atoms with E-state index in [-0.39, 0.29) is 17.2 Å². The smallest absolute Gasteiger partial charge is 0.252 e. The lowest BCUT2D eigenvalue weighted by Gasteiger charge is -2.20. The largest absolute Gasteiger partial charge is 0.418 e. The molecule has 1 heterocycles. The minimum Gasteiger partial charge on any atom is -0.418 e. The highest BCUT2D eigenvalue weighted by molar-refractivity contribution is 6.31. The van der Waals surface area contributed by atoms with Gasteiger partial charge in [0.2, 0.25) is 11.8 Å². The third-order valence-electron chi connectivity index (χ3n) is 5.21. The van der Waals surface area contributed by atoms with E-state index in [1.54, 1.807) is 6.07 Å². The van der Waals surface area contributed by atoms with E-state index in [2.05, 4.69) is 36.3 Å². The van der Waals surface area contributed by atoms with Crippen LogP contribution in [-0.2, 0) is 5.41 Å². The Morgan fingerprint density at radius 3 is 2.22 bits per heavy atom. The second kappa shape index (κ2) is 8.97. The molecule has 4 rings (SSSR count). The average molecular weight is 446 g/mol. The lowest BCUT2D eigenvalue weighted by atomic mass is 9.86. The van der Waals surface area contributed by atoms with Crippen LogP contribution in [0.3, 0.4) is 0 Å². The first-order valence-electron chi connectivity index (χ1n) is 10.4. The van der Waals surface area contributed by atoms with Crippen LogP contribution in [0.4, 0.5) is 0 Å². The summed E-state index contributed by atoms with van der Waals surface area (Å²) in [5, 5.41) is 11.9. The molecule has 0 unspecified atom stereocenters. The van der Waals surface area contributed by atoms with Gasteiger partial charge >= 0.3 is 0 Å². The topological polar surface area (TPSA) is 68.0 Å². The molecule has 0 saturated heterocycles. The van der Waals surface area contributed by atoms with Crippen molar-refractivity contribution >= 4 is 17.5 Å². The van der Waals surface area contributed by atoms with Gasteiger partial charge < -0.3 is 9.73 Å². The fraction of sp³-hybridized carbons (Fsp3) is 0.192. The van der Waals surface area contributed by atoms with Gasteiger partial charge in [-0.15, -0.1) is 10.2 Å². The van der Waals surface area contributed by atoms with Crippen molar-refractivity contribution in [2.24, 2.45) is 0 Å². The number of carbonyl (C=O) groups is 1. The molecular formula is C26H24ClN3O2. The predicted molar refractivity (Wildman–Crippen MR) is 126 cm³/mol. The van der Waals surface area contributed by atoms with Crippen LogP contribution >= 0.6 is 11.6 Å². The van der Waals surface area contributed by atoms with Crippen molar-refractivity contribution in [3.63, 3.8) is 0 Å². The van der Waals surface area contributed by atoms with Crippen LogP contribution < -0.4 is 5.32 Å². The second-order valence-corrected chi connectivity index (χ2v) is 8.97. The van der Waals surface area contributed by atoms with Crippen molar-refractivity contribution in [2.75, 3.05) is 0 Å². The summed E-state index contributed by atoms with van der Waals surface area (Å²) in [4.78, 5) is 13.1. The van der Waals surface area contributed by atoms with E-state index in [0.29, 0.717) is 22.0 Å². The molecule has 4 aromatic rings. The van der Waals surface area contributed by atoms with Gasteiger partial charge in [-0.05, 0) is 41.3 Å². The molecular weight excluding hydrogens is 422 g/mol. The average Bonchev–Trinajstić information content (AvgIpc) is 3.28. The van der Waals surface area contributed by atoms with Crippen molar-refractivity contribution < 1.29 is 9.21 Å². The van der Waals surface area contributed by atoms with E-state index < -0.39 is 6.04 Å². The van der Waals surface area contributed by atoms with Crippen molar-refractivity contribution in [2.45, 2.75) is 32.2 Å². The van der Waals surface area contributed by atoms with Crippen LogP contribution in [0.5, 0.6) is 0 Å². The summed E-state index contributed by atoms with van der Waals surface area (Å²) < 4.78 is 5.95. The highest BCUT2D eigenvalue weighted by atomic mass is 35.5. The zero-order valence-corrected chi connectivity index (χ0v) is 18.9. The van der Waals surface area contributed by atoms with Gasteiger partial charge in [-0.25, -0.2) is 0 Å². The van der Waals surface area contributed by atoms with Gasteiger partial charge in [0.1, 0.15) is 6.04 Å². The molecule has 5 nitrogen and oxygen atoms in total. The maximum Gasteiger partial charge on any atom is 0.252 e. The summed E-state index contributed by atoms with van der Waals surface area (Å²) in [7, 11) is 0. The first-order chi connectivity index (χ1) is 15.3. The molecule has 0 saturated carbocycles. The molecule has 0 aliphatic heterocycles. The van der Waals surface area contributed by atoms with Crippen molar-refractivity contribution in [1.29, 1.82) is 0 Å². The van der Waals surface area contributed by atoms with E-state index >= 15 is 0 Å². The van der Waals surface area contributed by atoms with Crippen LogP contribution in [-0.4, -0.2) is 16.1 Å². The van der Waals surface area contributed by atoms with Gasteiger partial charge in [0.05, 0.1) is 0 Å². The quantitative estimate of drug-likeness (QED) is 0.396. The minimum atomic E-state index is -0.691. The van der Waals surface area contributed by atoms with Crippen LogP contribution in [0.2, 0.25) is 5.02 Å². The number of carbonyl (C=O) groups excluding carboxylic acids is 1. The summed E-state index contributed by atoms with van der Waals surface area (Å²) in [6, 6.07) is 23.7. The summed E-state index contributed by atoms with van der Waals surface area (Å²) in [6.07, 6.45) is 0. The van der Waals surface area contributed by atoms with Gasteiger partial charge in [-0.1, -0.05) is 80.9 Å². The third-order valence-corrected chi connectivity index (χ3v) is 5.56. The summed E-state index contributed by atoms with van der Waals surface area (Å²) in [5.41, 5.74) is 3.18. The number of rotatable bonds is 5. The van der Waals surface area contributed by atoms with Crippen molar-refractivity contribution in [1.82, 2.24) is 15.5 Å². The number of nitrogens with one attached hydrogen (secondary N) is 1. The maximum atomic E-state index is 13.1. The van der Waals surface area contributed by atoms with Gasteiger partial charge in [-0.3, -0.25) is 4.79 Å². The molecule has 1 amide bonds. The number of halogens is 1. The number of aromatic nitrogens is 2. The molecule has 0 aliphatic rings. The van der Waals surface area contributed by atoms with E-state index in [1.807, 2.05) is 72.8 Å². The summed E-state index contributed by atoms with van der Waals surface area (Å²) in [5.74, 6) is 0.382. The Kier molecular flexibility index (Phi) is 6.10. The Balaban J connectivity index is 1.66. The second-order valence-electron chi connectivity index (χ2n) is 8.57. The Morgan fingerprint density at radius 2 is 1.56 bits per heavy atom. The summed E-state index contributed by atoms with van der Waals surface area (Å²) >= 11 is 6.45. The van der Waals surface area contributed by atoms with Crippen LogP contribution in [0.25, 0.3) is 11.5 Å². The zero-order chi connectivity index (χ0) is 22.7. The molecule has 0 aliphatic carbocycles. The molecule has 3 aromatic carbocycles. The minimum absolute atomic E-state index is 0.00665. The van der Waals surface area contributed by atoms with E-state index in [4.69, 9.17) is 16.0 Å². The molecule has 1 atom stereocenters. The lowest BCUT2D eigenvalue weighted by molar-refractivity contribution is 0.0938. The van der Waals surface area contributed by atoms with E-state index in [1.165, 1.54) is 0 Å². The highest BCUT2D eigenvalue weighted by Gasteiger charge is 2.26. The SMILES string of the molecule is CC(C)(C)c1ccc(C(=O)N[C@H](c2nnc(-c3ccccc3)o2)c2ccccc2Cl)cc1. The Labute approximate surface area is 192 Å². The van der Waals surface area contributed by atoms with Crippen molar-refractivity contribution in [3.8, 4) is 11.5 Å². The number of benzene rings is 3. The Morgan fingerprint density at radius 1 is 0.906 bits per heavy atom. The molecule has 0 spiro atoms. The number of amides is 1. The van der Waals surface area contributed by atoms with Crippen LogP contribution in [0.1, 0.15) is 54.2 Å². The lowest BCUT2D eigenvalue weighted by Crippen LogP contribution is -2.30. The van der Waals surface area contributed by atoms with E-state index in [9.17, 15) is 4.79 Å². The first-order valence-corrected chi connectivity index (χ1v) is 10.8. The van der Waals surface area contributed by atoms with E-state index in [0.717, 1.165) is 11.1 Å². The standard InChI is InChI=1S/C26H24ClN3O2/c1-26(2,3)19-15-13-17(14-16-19)23(31)28-22(20-11-7-8-12-21(20)27)25-30-29-24(32-25)18-9-5-4-6-10-18/h4-16,22H,1-3H3,(H,28,31)/t22-/m0/s1. The third kappa shape index (κ3) is 4.73. The highest BCUT2D eigenvalue weighted by Crippen LogP contribution is 2.30. The molecule has 0 fully saturated rings. The predicted octanol–water partition coefficient (Wildman–Crippen LogP) is 6.21. The molecule has 0 radical (unpaired) electrons. The molecule has 1 aromatic heterocycles. The Bertz CT molecular complexity index is 1210. The van der Waals surface area contributed by atoms with Gasteiger partial charge in [-0.2, -0.15) is 0 Å². The molecule has 0 bridgehead atoms. The molecule has 1 N–H and O–H groups in total. The maximum absolute atomic E-state index is 13.1. The van der Waals surface area contributed by atoms with Crippen LogP contribution in [0, 0.1) is 0 Å². The number of nitrogens with zero attached hydrogens (tertiary/aromatic N) is 2. The van der Waals surface area contributed by atoms with Gasteiger partial charge in [0.15, 0.2) is 0 Å². The molecule has 6 heteroatoms.